The predicted molar refractivity (Wildman–Crippen MR) is 73.2 cm³/mol. The van der Waals surface area contributed by atoms with E-state index < -0.39 is 10.0 Å². The van der Waals surface area contributed by atoms with Crippen molar-refractivity contribution in [2.75, 3.05) is 22.5 Å². The second-order valence-corrected chi connectivity index (χ2v) is 6.16. The Morgan fingerprint density at radius 1 is 1.24 bits per heavy atom. The first kappa shape index (κ1) is 14.3. The van der Waals surface area contributed by atoms with Gasteiger partial charge in [-0.05, 0) is 18.6 Å². The van der Waals surface area contributed by atoms with Crippen LogP contribution < -0.4 is 4.31 Å². The Hall–Kier alpha value is -0.740. The van der Waals surface area contributed by atoms with Gasteiger partial charge in [0, 0.05) is 12.4 Å². The van der Waals surface area contributed by atoms with Gasteiger partial charge in [-0.3, -0.25) is 4.31 Å². The minimum Gasteiger partial charge on any atom is -0.270 e. The highest BCUT2D eigenvalue weighted by Gasteiger charge is 2.20. The fourth-order valence-corrected chi connectivity index (χ4v) is 3.38. The Morgan fingerprint density at radius 3 is 2.41 bits per heavy atom. The zero-order valence-corrected chi connectivity index (χ0v) is 11.5. The lowest BCUT2D eigenvalue weighted by atomic mass is 10.3. The smallest absolute Gasteiger partial charge is 0.236 e. The van der Waals surface area contributed by atoms with Crippen molar-refractivity contribution in [2.45, 2.75) is 19.8 Å². The van der Waals surface area contributed by atoms with Gasteiger partial charge in [0.1, 0.15) is 0 Å². The molecule has 0 unspecified atom stereocenters. The number of unbranched alkanes of at least 4 members (excludes halogenated alkanes) is 1. The van der Waals surface area contributed by atoms with E-state index in [4.69, 9.17) is 11.6 Å². The standard InChI is InChI=1S/C12H18ClNO2S/c1-2-3-10-14(17(15,16)11-9-13)12-7-5-4-6-8-12/h4-8H,2-3,9-11H2,1H3. The summed E-state index contributed by atoms with van der Waals surface area (Å²) in [6.07, 6.45) is 1.80. The highest BCUT2D eigenvalue weighted by atomic mass is 35.5. The van der Waals surface area contributed by atoms with Gasteiger partial charge in [-0.15, -0.1) is 11.6 Å². The fourth-order valence-electron chi connectivity index (χ4n) is 1.53. The van der Waals surface area contributed by atoms with Crippen molar-refractivity contribution in [1.82, 2.24) is 0 Å². The summed E-state index contributed by atoms with van der Waals surface area (Å²) in [5.41, 5.74) is 0.714. The molecule has 0 spiro atoms. The average Bonchev–Trinajstić information content (AvgIpc) is 2.30. The molecule has 0 saturated heterocycles. The highest BCUT2D eigenvalue weighted by molar-refractivity contribution is 7.92. The number of anilines is 1. The largest absolute Gasteiger partial charge is 0.270 e. The van der Waals surface area contributed by atoms with E-state index in [1.54, 1.807) is 12.1 Å². The molecule has 0 N–H and O–H groups in total. The van der Waals surface area contributed by atoms with Crippen LogP contribution in [0, 0.1) is 0 Å². The second-order valence-electron chi connectivity index (χ2n) is 3.77. The highest BCUT2D eigenvalue weighted by Crippen LogP contribution is 2.18. The van der Waals surface area contributed by atoms with Crippen molar-refractivity contribution in [3.05, 3.63) is 30.3 Å². The third-order valence-corrected chi connectivity index (χ3v) is 4.63. The van der Waals surface area contributed by atoms with E-state index >= 15 is 0 Å². The Balaban J connectivity index is 2.96. The summed E-state index contributed by atoms with van der Waals surface area (Å²) in [6, 6.07) is 9.16. The maximum atomic E-state index is 12.1. The molecule has 1 rings (SSSR count). The zero-order valence-electron chi connectivity index (χ0n) is 9.97. The van der Waals surface area contributed by atoms with Gasteiger partial charge in [0.25, 0.3) is 0 Å². The first-order valence-corrected chi connectivity index (χ1v) is 7.87. The average molecular weight is 276 g/mol. The summed E-state index contributed by atoms with van der Waals surface area (Å²) in [4.78, 5) is 0. The molecule has 0 bridgehead atoms. The van der Waals surface area contributed by atoms with E-state index in [2.05, 4.69) is 0 Å². The fraction of sp³-hybridized carbons (Fsp3) is 0.500. The summed E-state index contributed by atoms with van der Waals surface area (Å²) in [5, 5.41) is 0. The van der Waals surface area contributed by atoms with E-state index in [9.17, 15) is 8.42 Å². The molecule has 5 heteroatoms. The molecule has 0 amide bonds. The van der Waals surface area contributed by atoms with Gasteiger partial charge in [-0.25, -0.2) is 8.42 Å². The third kappa shape index (κ3) is 4.21. The molecular formula is C12H18ClNO2S. The number of rotatable bonds is 7. The lowest BCUT2D eigenvalue weighted by molar-refractivity contribution is 0.590. The van der Waals surface area contributed by atoms with Crippen LogP contribution in [0.4, 0.5) is 5.69 Å². The molecule has 0 aromatic heterocycles. The van der Waals surface area contributed by atoms with Crippen molar-refractivity contribution >= 4 is 27.3 Å². The number of para-hydroxylation sites is 1. The predicted octanol–water partition coefficient (Wildman–Crippen LogP) is 2.86. The van der Waals surface area contributed by atoms with Crippen LogP contribution in [-0.2, 0) is 10.0 Å². The molecule has 0 saturated carbocycles. The van der Waals surface area contributed by atoms with Crippen LogP contribution in [0.25, 0.3) is 0 Å². The quantitative estimate of drug-likeness (QED) is 0.718. The summed E-state index contributed by atoms with van der Waals surface area (Å²) in [5.74, 6) is 0.102. The minimum absolute atomic E-state index is 0.0207. The minimum atomic E-state index is -3.30. The van der Waals surface area contributed by atoms with Gasteiger partial charge in [0.15, 0.2) is 0 Å². The molecule has 1 aromatic carbocycles. The molecule has 0 aliphatic rings. The molecule has 17 heavy (non-hydrogen) atoms. The van der Waals surface area contributed by atoms with Crippen molar-refractivity contribution in [3.8, 4) is 0 Å². The zero-order chi connectivity index (χ0) is 12.7. The number of benzene rings is 1. The summed E-state index contributed by atoms with van der Waals surface area (Å²) < 4.78 is 25.6. The third-order valence-electron chi connectivity index (χ3n) is 2.43. The number of nitrogens with zero attached hydrogens (tertiary/aromatic N) is 1. The van der Waals surface area contributed by atoms with Crippen molar-refractivity contribution < 1.29 is 8.42 Å². The number of alkyl halides is 1. The van der Waals surface area contributed by atoms with Gasteiger partial charge < -0.3 is 0 Å². The van der Waals surface area contributed by atoms with Gasteiger partial charge >= 0.3 is 0 Å². The Bertz CT molecular complexity index is 419. The van der Waals surface area contributed by atoms with E-state index in [1.165, 1.54) is 4.31 Å². The SMILES string of the molecule is CCCCN(c1ccccc1)S(=O)(=O)CCCl. The maximum absolute atomic E-state index is 12.1. The van der Waals surface area contributed by atoms with Crippen LogP contribution in [-0.4, -0.2) is 26.6 Å². The Kier molecular flexibility index (Phi) is 5.78. The van der Waals surface area contributed by atoms with E-state index in [0.717, 1.165) is 12.8 Å². The molecule has 0 heterocycles. The van der Waals surface area contributed by atoms with Crippen molar-refractivity contribution in [3.63, 3.8) is 0 Å². The molecule has 0 radical (unpaired) electrons. The van der Waals surface area contributed by atoms with Gasteiger partial charge in [0.05, 0.1) is 11.4 Å². The van der Waals surface area contributed by atoms with Crippen LogP contribution in [0.1, 0.15) is 19.8 Å². The number of sulfonamides is 1. The van der Waals surface area contributed by atoms with Gasteiger partial charge in [-0.2, -0.15) is 0 Å². The summed E-state index contributed by atoms with van der Waals surface area (Å²) in [6.45, 7) is 2.55. The molecule has 0 aliphatic heterocycles. The van der Waals surface area contributed by atoms with Crippen molar-refractivity contribution in [2.24, 2.45) is 0 Å². The Morgan fingerprint density at radius 2 is 1.88 bits per heavy atom. The number of hydrogen-bond donors (Lipinski definition) is 0. The normalized spacial score (nSPS) is 11.4. The van der Waals surface area contributed by atoms with Gasteiger partial charge in [0.2, 0.25) is 10.0 Å². The lowest BCUT2D eigenvalue weighted by Crippen LogP contribution is -2.34. The molecular weight excluding hydrogens is 258 g/mol. The molecule has 1 aromatic rings. The molecule has 0 aliphatic carbocycles. The van der Waals surface area contributed by atoms with Crippen molar-refractivity contribution in [1.29, 1.82) is 0 Å². The van der Waals surface area contributed by atoms with Gasteiger partial charge in [-0.1, -0.05) is 31.5 Å². The molecule has 96 valence electrons. The number of hydrogen-bond acceptors (Lipinski definition) is 2. The van der Waals surface area contributed by atoms with E-state index in [-0.39, 0.29) is 11.6 Å². The topological polar surface area (TPSA) is 37.4 Å². The molecule has 0 atom stereocenters. The first-order chi connectivity index (χ1) is 8.11. The number of halogens is 1. The lowest BCUT2D eigenvalue weighted by Gasteiger charge is -2.23. The second kappa shape index (κ2) is 6.87. The van der Waals surface area contributed by atoms with Crippen LogP contribution in [0.15, 0.2) is 30.3 Å². The summed E-state index contributed by atoms with van der Waals surface area (Å²) in [7, 11) is -3.30. The van der Waals surface area contributed by atoms with Crippen LogP contribution >= 0.6 is 11.6 Å². The Labute approximate surface area is 108 Å². The monoisotopic (exact) mass is 275 g/mol. The van der Waals surface area contributed by atoms with E-state index in [1.807, 2.05) is 25.1 Å². The van der Waals surface area contributed by atoms with E-state index in [0.29, 0.717) is 12.2 Å². The molecule has 0 fully saturated rings. The first-order valence-electron chi connectivity index (χ1n) is 5.73. The van der Waals surface area contributed by atoms with Crippen LogP contribution in [0.2, 0.25) is 0 Å². The summed E-state index contributed by atoms with van der Waals surface area (Å²) >= 11 is 5.55. The van der Waals surface area contributed by atoms with Crippen LogP contribution in [0.3, 0.4) is 0 Å². The maximum Gasteiger partial charge on any atom is 0.236 e. The van der Waals surface area contributed by atoms with Crippen LogP contribution in [0.5, 0.6) is 0 Å². The molecule has 3 nitrogen and oxygen atoms in total.